The van der Waals surface area contributed by atoms with Gasteiger partial charge in [0.1, 0.15) is 16.3 Å². The molecule has 0 aliphatic carbocycles. The maximum absolute atomic E-state index is 14.0. The largest absolute Gasteiger partial charge is 0.418 e. The van der Waals surface area contributed by atoms with Crippen molar-refractivity contribution >= 4 is 52.0 Å². The molecule has 0 saturated carbocycles. The maximum atomic E-state index is 14.0. The van der Waals surface area contributed by atoms with Gasteiger partial charge in [0, 0.05) is 21.7 Å². The Kier molecular flexibility index (Phi) is 8.57. The summed E-state index contributed by atoms with van der Waals surface area (Å²) in [4.78, 5) is 39.5. The molecule has 0 saturated heterocycles. The van der Waals surface area contributed by atoms with E-state index in [2.05, 4.69) is 5.32 Å². The monoisotopic (exact) mass is 609 g/mol. The minimum absolute atomic E-state index is 0.0161. The summed E-state index contributed by atoms with van der Waals surface area (Å²) >= 11 is 6.62. The van der Waals surface area contributed by atoms with Crippen molar-refractivity contribution < 1.29 is 22.8 Å². The average molecular weight is 610 g/mol. The molecular weight excluding hydrogens is 587 g/mol. The number of hydrogen-bond acceptors (Lipinski definition) is 5. The van der Waals surface area contributed by atoms with E-state index >= 15 is 0 Å². The van der Waals surface area contributed by atoms with E-state index in [1.807, 2.05) is 6.07 Å². The number of carbonyl (C=O) groups is 2. The predicted octanol–water partition coefficient (Wildman–Crippen LogP) is 5.94. The molecule has 1 N–H and O–H groups in total. The SMILES string of the molecule is CC(C)(C)C(=O)C(C#N)=c1sc(=Cc2cccc(NC(=O)c3ccc(Cl)cc3)c2)c(=O)n1-c1ccccc1C(F)(F)F. The first kappa shape index (κ1) is 30.5. The molecule has 11 heteroatoms. The molecule has 0 aliphatic heterocycles. The minimum atomic E-state index is -4.81. The minimum Gasteiger partial charge on any atom is -0.322 e. The lowest BCUT2D eigenvalue weighted by molar-refractivity contribution is -0.137. The highest BCUT2D eigenvalue weighted by molar-refractivity contribution is 7.07. The third kappa shape index (κ3) is 6.54. The number of nitrogens with one attached hydrogen (secondary N) is 1. The van der Waals surface area contributed by atoms with Crippen LogP contribution in [-0.2, 0) is 11.0 Å². The van der Waals surface area contributed by atoms with Crippen LogP contribution < -0.4 is 20.1 Å². The third-order valence-corrected chi connectivity index (χ3v) is 7.40. The lowest BCUT2D eigenvalue weighted by Crippen LogP contribution is -2.34. The Balaban J connectivity index is 1.93. The second-order valence-corrected chi connectivity index (χ2v) is 11.7. The van der Waals surface area contributed by atoms with E-state index in [4.69, 9.17) is 11.6 Å². The van der Waals surface area contributed by atoms with Crippen LogP contribution in [0.4, 0.5) is 18.9 Å². The number of para-hydroxylation sites is 1. The summed E-state index contributed by atoms with van der Waals surface area (Å²) in [7, 11) is 0. The predicted molar refractivity (Wildman–Crippen MR) is 157 cm³/mol. The molecule has 6 nitrogen and oxygen atoms in total. The zero-order valence-corrected chi connectivity index (χ0v) is 24.1. The molecule has 0 bridgehead atoms. The molecule has 0 atom stereocenters. The number of ketones is 1. The van der Waals surface area contributed by atoms with Crippen molar-refractivity contribution in [2.45, 2.75) is 26.9 Å². The van der Waals surface area contributed by atoms with Crippen LogP contribution >= 0.6 is 22.9 Å². The van der Waals surface area contributed by atoms with Gasteiger partial charge in [-0.1, -0.05) is 56.6 Å². The van der Waals surface area contributed by atoms with Crippen LogP contribution in [-0.4, -0.2) is 16.3 Å². The quantitative estimate of drug-likeness (QED) is 0.303. The van der Waals surface area contributed by atoms with E-state index in [1.54, 1.807) is 69.3 Å². The molecular formula is C31H23ClF3N3O3S. The fourth-order valence-corrected chi connectivity index (χ4v) is 5.23. The van der Waals surface area contributed by atoms with E-state index in [0.717, 1.165) is 28.0 Å². The third-order valence-electron chi connectivity index (χ3n) is 6.06. The van der Waals surface area contributed by atoms with Gasteiger partial charge in [-0.25, -0.2) is 0 Å². The molecule has 4 rings (SSSR count). The van der Waals surface area contributed by atoms with Gasteiger partial charge in [-0.2, -0.15) is 18.4 Å². The lowest BCUT2D eigenvalue weighted by atomic mass is 9.87. The number of nitrogens with zero attached hydrogens (tertiary/aromatic N) is 2. The van der Waals surface area contributed by atoms with Crippen LogP contribution in [0.1, 0.15) is 42.3 Å². The van der Waals surface area contributed by atoms with Gasteiger partial charge in [0.15, 0.2) is 5.78 Å². The zero-order valence-electron chi connectivity index (χ0n) is 22.5. The number of Topliss-reactive ketones (excluding diaryl/α,β-unsaturated/α-hetero) is 1. The number of amides is 1. The summed E-state index contributed by atoms with van der Waals surface area (Å²) in [6.45, 7) is 4.72. The number of halogens is 4. The van der Waals surface area contributed by atoms with Gasteiger partial charge < -0.3 is 5.32 Å². The average Bonchev–Trinajstić information content (AvgIpc) is 3.23. The number of anilines is 1. The standard InChI is InChI=1S/C31H23ClF3N3O3S/c1-30(2,3)26(39)22(17-36)29-38(24-10-5-4-9-23(24)31(33,34)35)28(41)25(42-29)16-18-7-6-8-21(15-18)37-27(40)19-11-13-20(32)14-12-19/h4-16H,1-3H3,(H,37,40). The fraction of sp³-hybridized carbons (Fsp3) is 0.161. The number of benzene rings is 3. The molecule has 0 spiro atoms. The molecule has 0 unspecified atom stereocenters. The molecule has 0 fully saturated rings. The Bertz CT molecular complexity index is 1910. The number of carbonyl (C=O) groups excluding carboxylic acids is 2. The van der Waals surface area contributed by atoms with Gasteiger partial charge in [0.2, 0.25) is 0 Å². The van der Waals surface area contributed by atoms with Gasteiger partial charge >= 0.3 is 6.18 Å². The second-order valence-electron chi connectivity index (χ2n) is 10.2. The van der Waals surface area contributed by atoms with Crippen LogP contribution in [0.3, 0.4) is 0 Å². The molecule has 3 aromatic carbocycles. The Morgan fingerprint density at radius 2 is 1.67 bits per heavy atom. The van der Waals surface area contributed by atoms with Gasteiger partial charge in [-0.15, -0.1) is 11.3 Å². The number of rotatable bonds is 5. The molecule has 214 valence electrons. The number of nitriles is 1. The van der Waals surface area contributed by atoms with Crippen LogP contribution in [0.2, 0.25) is 5.02 Å². The highest BCUT2D eigenvalue weighted by Gasteiger charge is 2.35. The smallest absolute Gasteiger partial charge is 0.322 e. The second kappa shape index (κ2) is 11.8. The molecule has 1 heterocycles. The van der Waals surface area contributed by atoms with Crippen LogP contribution in [0.15, 0.2) is 77.6 Å². The van der Waals surface area contributed by atoms with E-state index in [1.165, 1.54) is 18.2 Å². The maximum Gasteiger partial charge on any atom is 0.418 e. The first-order chi connectivity index (χ1) is 19.7. The van der Waals surface area contributed by atoms with Gasteiger partial charge in [0.25, 0.3) is 11.5 Å². The van der Waals surface area contributed by atoms with Crippen molar-refractivity contribution in [3.63, 3.8) is 0 Å². The van der Waals surface area contributed by atoms with Crippen LogP contribution in [0.25, 0.3) is 17.3 Å². The summed E-state index contributed by atoms with van der Waals surface area (Å²) in [6, 6.07) is 19.0. The molecule has 42 heavy (non-hydrogen) atoms. The first-order valence-electron chi connectivity index (χ1n) is 12.5. The van der Waals surface area contributed by atoms with Crippen molar-refractivity contribution in [3.8, 4) is 11.8 Å². The first-order valence-corrected chi connectivity index (χ1v) is 13.7. The fourth-order valence-electron chi connectivity index (χ4n) is 4.01. The van der Waals surface area contributed by atoms with E-state index in [-0.39, 0.29) is 9.20 Å². The van der Waals surface area contributed by atoms with Crippen molar-refractivity contribution in [2.75, 3.05) is 5.32 Å². The van der Waals surface area contributed by atoms with Gasteiger partial charge in [-0.3, -0.25) is 19.0 Å². The van der Waals surface area contributed by atoms with Crippen LogP contribution in [0, 0.1) is 16.7 Å². The van der Waals surface area contributed by atoms with Crippen molar-refractivity contribution in [1.29, 1.82) is 5.26 Å². The Labute approximate surface area is 247 Å². The highest BCUT2D eigenvalue weighted by atomic mass is 35.5. The van der Waals surface area contributed by atoms with E-state index in [9.17, 15) is 32.8 Å². The Morgan fingerprint density at radius 3 is 2.29 bits per heavy atom. The topological polar surface area (TPSA) is 92.0 Å². The molecule has 4 aromatic rings. The number of thiazole rings is 1. The Morgan fingerprint density at radius 1 is 1.00 bits per heavy atom. The summed E-state index contributed by atoms with van der Waals surface area (Å²) < 4.78 is 42.5. The summed E-state index contributed by atoms with van der Waals surface area (Å²) in [5, 5.41) is 13.2. The number of hydrogen-bond donors (Lipinski definition) is 1. The van der Waals surface area contributed by atoms with E-state index < -0.39 is 45.7 Å². The lowest BCUT2D eigenvalue weighted by Gasteiger charge is -2.16. The zero-order chi connectivity index (χ0) is 30.8. The van der Waals surface area contributed by atoms with E-state index in [0.29, 0.717) is 21.8 Å². The van der Waals surface area contributed by atoms with Gasteiger partial charge in [-0.05, 0) is 60.2 Å². The Hall–Kier alpha value is -4.46. The molecule has 1 aromatic heterocycles. The van der Waals surface area contributed by atoms with Crippen LogP contribution in [0.5, 0.6) is 0 Å². The van der Waals surface area contributed by atoms with Crippen molar-refractivity contribution in [2.24, 2.45) is 5.41 Å². The normalized spacial score (nSPS) is 13.0. The van der Waals surface area contributed by atoms with Crippen molar-refractivity contribution in [1.82, 2.24) is 4.57 Å². The summed E-state index contributed by atoms with van der Waals surface area (Å²) in [5.41, 5.74) is -2.68. The number of aromatic nitrogens is 1. The molecule has 0 aliphatic rings. The molecule has 1 amide bonds. The highest BCUT2D eigenvalue weighted by Crippen LogP contribution is 2.33. The summed E-state index contributed by atoms with van der Waals surface area (Å²) in [6.07, 6.45) is -3.38. The molecule has 0 radical (unpaired) electrons. The number of alkyl halides is 3. The summed E-state index contributed by atoms with van der Waals surface area (Å²) in [5.74, 6) is -1.02. The van der Waals surface area contributed by atoms with Crippen molar-refractivity contribution in [3.05, 3.63) is 114 Å². The van der Waals surface area contributed by atoms with Gasteiger partial charge in [0.05, 0.1) is 15.8 Å².